The molecule has 141 valence electrons. The molecule has 0 unspecified atom stereocenters. The van der Waals surface area contributed by atoms with Crippen molar-refractivity contribution in [2.24, 2.45) is 0 Å². The van der Waals surface area contributed by atoms with Crippen LogP contribution >= 0.6 is 0 Å². The van der Waals surface area contributed by atoms with E-state index in [-0.39, 0.29) is 17.0 Å². The molecule has 0 bridgehead atoms. The van der Waals surface area contributed by atoms with E-state index in [9.17, 15) is 14.9 Å². The van der Waals surface area contributed by atoms with Crippen molar-refractivity contribution in [3.05, 3.63) is 82.6 Å². The summed E-state index contributed by atoms with van der Waals surface area (Å²) in [4.78, 5) is 20.7. The SMILES string of the molecule is CC/C=C\C/C=C\C/C=C\C/C=C\C/C=C(\C/C=C\CC[C]=O)[N+](=O)[O-]. The summed E-state index contributed by atoms with van der Waals surface area (Å²) >= 11 is 0. The fourth-order valence-corrected chi connectivity index (χ4v) is 1.98. The molecular formula is C22H30NO3. The van der Waals surface area contributed by atoms with E-state index < -0.39 is 0 Å². The van der Waals surface area contributed by atoms with E-state index in [0.29, 0.717) is 19.3 Å². The lowest BCUT2D eigenvalue weighted by molar-refractivity contribution is -0.427. The van der Waals surface area contributed by atoms with Crippen LogP contribution in [0.2, 0.25) is 0 Å². The first-order valence-electron chi connectivity index (χ1n) is 9.15. The van der Waals surface area contributed by atoms with Gasteiger partial charge in [-0.3, -0.25) is 14.9 Å². The van der Waals surface area contributed by atoms with Crippen molar-refractivity contribution in [2.75, 3.05) is 0 Å². The summed E-state index contributed by atoms with van der Waals surface area (Å²) in [6.45, 7) is 2.12. The number of rotatable bonds is 15. The number of hydrogen-bond donors (Lipinski definition) is 0. The minimum Gasteiger partial charge on any atom is -0.291 e. The van der Waals surface area contributed by atoms with Gasteiger partial charge >= 0.3 is 0 Å². The average Bonchev–Trinajstić information content (AvgIpc) is 2.63. The molecule has 0 aliphatic heterocycles. The Morgan fingerprint density at radius 2 is 1.38 bits per heavy atom. The molecule has 0 aliphatic rings. The Balaban J connectivity index is 4.01. The van der Waals surface area contributed by atoms with E-state index in [2.05, 4.69) is 43.4 Å². The molecule has 0 spiro atoms. The highest BCUT2D eigenvalue weighted by Crippen LogP contribution is 2.06. The molecule has 0 aromatic heterocycles. The van der Waals surface area contributed by atoms with Crippen LogP contribution in [-0.4, -0.2) is 11.2 Å². The summed E-state index contributed by atoms with van der Waals surface area (Å²) < 4.78 is 0. The van der Waals surface area contributed by atoms with Crippen molar-refractivity contribution < 1.29 is 9.72 Å². The lowest BCUT2D eigenvalue weighted by atomic mass is 10.2. The van der Waals surface area contributed by atoms with Crippen LogP contribution in [0.25, 0.3) is 0 Å². The first-order chi connectivity index (χ1) is 12.7. The zero-order valence-electron chi connectivity index (χ0n) is 15.7. The molecule has 0 aromatic rings. The number of nitrogens with zero attached hydrogens (tertiary/aromatic N) is 1. The predicted octanol–water partition coefficient (Wildman–Crippen LogP) is 6.18. The quantitative estimate of drug-likeness (QED) is 0.152. The second kappa shape index (κ2) is 18.8. The largest absolute Gasteiger partial charge is 0.291 e. The molecule has 4 nitrogen and oxygen atoms in total. The van der Waals surface area contributed by atoms with Crippen molar-refractivity contribution in [2.45, 2.75) is 58.3 Å². The maximum atomic E-state index is 11.0. The van der Waals surface area contributed by atoms with Crippen LogP contribution in [-0.2, 0) is 4.79 Å². The normalized spacial score (nSPS) is 13.2. The van der Waals surface area contributed by atoms with Gasteiger partial charge in [0.1, 0.15) is 0 Å². The number of hydrogen-bond acceptors (Lipinski definition) is 3. The lowest BCUT2D eigenvalue weighted by Crippen LogP contribution is -1.97. The van der Waals surface area contributed by atoms with Crippen molar-refractivity contribution in [1.29, 1.82) is 0 Å². The molecule has 0 saturated carbocycles. The zero-order valence-corrected chi connectivity index (χ0v) is 15.7. The van der Waals surface area contributed by atoms with Crippen molar-refractivity contribution >= 4 is 6.29 Å². The van der Waals surface area contributed by atoms with Crippen LogP contribution in [0.15, 0.2) is 72.5 Å². The van der Waals surface area contributed by atoms with Gasteiger partial charge in [-0.2, -0.15) is 0 Å². The average molecular weight is 356 g/mol. The van der Waals surface area contributed by atoms with Crippen LogP contribution in [0, 0.1) is 10.1 Å². The number of nitro groups is 1. The van der Waals surface area contributed by atoms with Gasteiger partial charge in [0.05, 0.1) is 11.3 Å². The molecule has 0 saturated heterocycles. The second-order valence-corrected chi connectivity index (χ2v) is 5.55. The van der Waals surface area contributed by atoms with E-state index in [4.69, 9.17) is 0 Å². The Morgan fingerprint density at radius 3 is 1.88 bits per heavy atom. The fourth-order valence-electron chi connectivity index (χ4n) is 1.98. The third-order valence-electron chi connectivity index (χ3n) is 3.35. The molecule has 0 fully saturated rings. The van der Waals surface area contributed by atoms with Crippen LogP contribution in [0.5, 0.6) is 0 Å². The summed E-state index contributed by atoms with van der Waals surface area (Å²) in [7, 11) is 0. The van der Waals surface area contributed by atoms with Crippen LogP contribution in [0.4, 0.5) is 0 Å². The summed E-state index contributed by atoms with van der Waals surface area (Å²) in [5.41, 5.74) is 0.179. The molecule has 0 amide bonds. The molecule has 0 atom stereocenters. The van der Waals surface area contributed by atoms with E-state index >= 15 is 0 Å². The molecular weight excluding hydrogens is 326 g/mol. The molecule has 0 heterocycles. The summed E-state index contributed by atoms with van der Waals surface area (Å²) in [6.07, 6.45) is 29.2. The van der Waals surface area contributed by atoms with E-state index in [1.165, 1.54) is 0 Å². The zero-order chi connectivity index (χ0) is 19.3. The van der Waals surface area contributed by atoms with Gasteiger partial charge in [0.25, 0.3) is 0 Å². The number of unbranched alkanes of at least 4 members (excludes halogenated alkanes) is 1. The molecule has 1 radical (unpaired) electrons. The van der Waals surface area contributed by atoms with Gasteiger partial charge in [-0.15, -0.1) is 0 Å². The predicted molar refractivity (Wildman–Crippen MR) is 109 cm³/mol. The van der Waals surface area contributed by atoms with E-state index in [1.807, 2.05) is 12.2 Å². The summed E-state index contributed by atoms with van der Waals surface area (Å²) in [5, 5.41) is 11.0. The van der Waals surface area contributed by atoms with Gasteiger partial charge in [-0.25, -0.2) is 0 Å². The monoisotopic (exact) mass is 356 g/mol. The minimum atomic E-state index is -0.355. The Morgan fingerprint density at radius 1 is 0.846 bits per heavy atom. The third kappa shape index (κ3) is 16.4. The van der Waals surface area contributed by atoms with Crippen molar-refractivity contribution in [3.63, 3.8) is 0 Å². The van der Waals surface area contributed by atoms with Crippen LogP contribution < -0.4 is 0 Å². The lowest BCUT2D eigenvalue weighted by Gasteiger charge is -1.93. The Kier molecular flexibility index (Phi) is 17.0. The van der Waals surface area contributed by atoms with Gasteiger partial charge in [0.15, 0.2) is 6.29 Å². The highest BCUT2D eigenvalue weighted by Gasteiger charge is 2.06. The summed E-state index contributed by atoms with van der Waals surface area (Å²) in [6, 6.07) is 0. The third-order valence-corrected chi connectivity index (χ3v) is 3.35. The topological polar surface area (TPSA) is 60.2 Å². The molecule has 0 aromatic carbocycles. The molecule has 26 heavy (non-hydrogen) atoms. The minimum absolute atomic E-state index is 0.179. The molecule has 0 rings (SSSR count). The summed E-state index contributed by atoms with van der Waals surface area (Å²) in [5.74, 6) is 0. The van der Waals surface area contributed by atoms with Gasteiger partial charge in [0.2, 0.25) is 5.70 Å². The smallest absolute Gasteiger partial charge is 0.246 e. The van der Waals surface area contributed by atoms with Gasteiger partial charge in [-0.1, -0.05) is 67.7 Å². The highest BCUT2D eigenvalue weighted by molar-refractivity contribution is 5.50. The van der Waals surface area contributed by atoms with Crippen LogP contribution in [0.1, 0.15) is 58.3 Å². The van der Waals surface area contributed by atoms with E-state index in [0.717, 1.165) is 25.7 Å². The first-order valence-corrected chi connectivity index (χ1v) is 9.15. The van der Waals surface area contributed by atoms with Crippen molar-refractivity contribution in [3.8, 4) is 0 Å². The number of allylic oxidation sites excluding steroid dienone is 11. The van der Waals surface area contributed by atoms with Gasteiger partial charge < -0.3 is 0 Å². The second-order valence-electron chi connectivity index (χ2n) is 5.55. The maximum absolute atomic E-state index is 11.0. The molecule has 0 aliphatic carbocycles. The Labute approximate surface area is 157 Å². The van der Waals surface area contributed by atoms with Gasteiger partial charge in [-0.05, 0) is 44.6 Å². The standard InChI is InChI=1S/C22H30NO3/c1-2-3-4-5-6-7-8-9-10-11-12-13-16-19-22(23(25)26)20-17-14-15-18-21-24/h3-4,6-7,9-10,12-14,17,19H,2,5,8,11,15-16,18,20H2,1H3/b4-3-,7-6-,10-9-,13-12-,17-14-,22-19+. The molecule has 0 N–H and O–H groups in total. The van der Waals surface area contributed by atoms with Gasteiger partial charge in [0, 0.05) is 6.42 Å². The Bertz CT molecular complexity index is 552. The van der Waals surface area contributed by atoms with E-state index in [1.54, 1.807) is 24.5 Å². The molecule has 4 heteroatoms. The van der Waals surface area contributed by atoms with Crippen LogP contribution in [0.3, 0.4) is 0 Å². The first kappa shape index (κ1) is 23.5. The Hall–Kier alpha value is -2.49. The fraction of sp³-hybridized carbons (Fsp3) is 0.409. The highest BCUT2D eigenvalue weighted by atomic mass is 16.6. The van der Waals surface area contributed by atoms with Crippen molar-refractivity contribution in [1.82, 2.24) is 0 Å². The maximum Gasteiger partial charge on any atom is 0.246 e. The number of carbonyl (C=O) groups excluding carboxylic acids is 1.